The Balaban J connectivity index is 3.03. The van der Waals surface area contributed by atoms with Gasteiger partial charge >= 0.3 is 5.97 Å². The smallest absolute Gasteiger partial charge is 0.312 e. The molecule has 0 aliphatic rings. The van der Waals surface area contributed by atoms with Crippen molar-refractivity contribution in [3.05, 3.63) is 17.5 Å². The molecule has 0 fully saturated rings. The van der Waals surface area contributed by atoms with Crippen molar-refractivity contribution in [2.75, 3.05) is 0 Å². The third-order valence-corrected chi connectivity index (χ3v) is 3.14. The summed E-state index contributed by atoms with van der Waals surface area (Å²) in [5.74, 6) is -1.05. The maximum Gasteiger partial charge on any atom is 0.312 e. The molecule has 1 aromatic heterocycles. The minimum atomic E-state index is -0.928. The second kappa shape index (κ2) is 5.79. The fourth-order valence-electron chi connectivity index (χ4n) is 2.10. The van der Waals surface area contributed by atoms with Crippen LogP contribution in [0.5, 0.6) is 0 Å². The first-order valence-corrected chi connectivity index (χ1v) is 7.28. The van der Waals surface area contributed by atoms with Gasteiger partial charge in [0.25, 0.3) is 0 Å². The zero-order valence-electron chi connectivity index (χ0n) is 14.4. The number of esters is 1. The van der Waals surface area contributed by atoms with Crippen molar-refractivity contribution in [1.29, 1.82) is 0 Å². The van der Waals surface area contributed by atoms with E-state index in [4.69, 9.17) is 4.74 Å². The Morgan fingerprint density at radius 1 is 1.29 bits per heavy atom. The molecule has 2 atom stereocenters. The Morgan fingerprint density at radius 3 is 2.24 bits per heavy atom. The van der Waals surface area contributed by atoms with Crippen LogP contribution in [0.15, 0.2) is 6.20 Å². The molecular weight excluding hydrogens is 268 g/mol. The summed E-state index contributed by atoms with van der Waals surface area (Å²) in [6, 6.07) is 0. The zero-order valence-corrected chi connectivity index (χ0v) is 14.4. The van der Waals surface area contributed by atoms with Gasteiger partial charge < -0.3 is 9.84 Å². The van der Waals surface area contributed by atoms with Gasteiger partial charge in [-0.05, 0) is 27.7 Å². The molecule has 0 spiro atoms. The van der Waals surface area contributed by atoms with E-state index in [0.29, 0.717) is 5.56 Å². The number of aromatic nitrogens is 2. The number of aliphatic hydroxyl groups excluding tert-OH is 1. The molecule has 0 bridgehead atoms. The number of nitrogens with zero attached hydrogens (tertiary/aromatic N) is 2. The molecule has 21 heavy (non-hydrogen) atoms. The van der Waals surface area contributed by atoms with Crippen LogP contribution in [-0.4, -0.2) is 26.5 Å². The summed E-state index contributed by atoms with van der Waals surface area (Å²) in [4.78, 5) is 12.1. The summed E-state index contributed by atoms with van der Waals surface area (Å²) < 4.78 is 7.02. The molecule has 1 heterocycles. The van der Waals surface area contributed by atoms with Gasteiger partial charge in [0.05, 0.1) is 17.7 Å². The Kier molecular flexibility index (Phi) is 4.88. The van der Waals surface area contributed by atoms with E-state index in [1.54, 1.807) is 17.8 Å². The molecule has 1 rings (SSSR count). The molecule has 0 saturated carbocycles. The minimum absolute atomic E-state index is 0.203. The van der Waals surface area contributed by atoms with E-state index in [2.05, 4.69) is 5.10 Å². The third-order valence-electron chi connectivity index (χ3n) is 3.14. The molecular formula is C16H28N2O3. The second-order valence-corrected chi connectivity index (χ2v) is 7.62. The topological polar surface area (TPSA) is 64.3 Å². The average molecular weight is 296 g/mol. The van der Waals surface area contributed by atoms with Crippen LogP contribution in [-0.2, 0) is 22.0 Å². The molecule has 5 nitrogen and oxygen atoms in total. The molecule has 1 aromatic rings. The quantitative estimate of drug-likeness (QED) is 0.871. The summed E-state index contributed by atoms with van der Waals surface area (Å²) in [5.41, 5.74) is 0.717. The van der Waals surface area contributed by atoms with E-state index in [-0.39, 0.29) is 5.41 Å². The van der Waals surface area contributed by atoms with Crippen LogP contribution in [0.25, 0.3) is 0 Å². The van der Waals surface area contributed by atoms with Gasteiger partial charge in [-0.1, -0.05) is 20.8 Å². The van der Waals surface area contributed by atoms with E-state index >= 15 is 0 Å². The molecule has 5 heteroatoms. The van der Waals surface area contributed by atoms with Crippen molar-refractivity contribution in [2.24, 2.45) is 13.0 Å². The van der Waals surface area contributed by atoms with E-state index < -0.39 is 23.6 Å². The van der Waals surface area contributed by atoms with Crippen molar-refractivity contribution in [3.63, 3.8) is 0 Å². The lowest BCUT2D eigenvalue weighted by molar-refractivity contribution is -0.163. The highest BCUT2D eigenvalue weighted by Crippen LogP contribution is 2.32. The van der Waals surface area contributed by atoms with Crippen LogP contribution in [0.2, 0.25) is 0 Å². The first-order chi connectivity index (χ1) is 9.33. The number of hydrogen-bond acceptors (Lipinski definition) is 4. The summed E-state index contributed by atoms with van der Waals surface area (Å²) in [6.07, 6.45) is 0.842. The maximum atomic E-state index is 12.1. The number of aryl methyl sites for hydroxylation is 1. The highest BCUT2D eigenvalue weighted by Gasteiger charge is 2.33. The van der Waals surface area contributed by atoms with Gasteiger partial charge in [-0.3, -0.25) is 9.48 Å². The van der Waals surface area contributed by atoms with Crippen LogP contribution in [0.4, 0.5) is 0 Å². The standard InChI is InChI=1S/C16H28N2O3/c1-10(14(20)21-16(5,6)7)12(19)11-9-18(8)17-13(11)15(2,3)4/h9-10,12,19H,1-8H3. The van der Waals surface area contributed by atoms with Gasteiger partial charge in [0, 0.05) is 24.2 Å². The predicted molar refractivity (Wildman–Crippen MR) is 81.9 cm³/mol. The summed E-state index contributed by atoms with van der Waals surface area (Å²) in [7, 11) is 1.81. The van der Waals surface area contributed by atoms with Gasteiger partial charge in [-0.15, -0.1) is 0 Å². The lowest BCUT2D eigenvalue weighted by Crippen LogP contribution is -2.31. The SMILES string of the molecule is CC(C(=O)OC(C)(C)C)C(O)c1cn(C)nc1C(C)(C)C. The number of hydrogen-bond donors (Lipinski definition) is 1. The average Bonchev–Trinajstić information content (AvgIpc) is 2.66. The van der Waals surface area contributed by atoms with Crippen molar-refractivity contribution < 1.29 is 14.6 Å². The number of carbonyl (C=O) groups excluding carboxylic acids is 1. The second-order valence-electron chi connectivity index (χ2n) is 7.62. The van der Waals surface area contributed by atoms with Gasteiger partial charge in [0.15, 0.2) is 0 Å². The van der Waals surface area contributed by atoms with E-state index in [0.717, 1.165) is 5.69 Å². The highest BCUT2D eigenvalue weighted by atomic mass is 16.6. The monoisotopic (exact) mass is 296 g/mol. The molecule has 0 aromatic carbocycles. The Bertz CT molecular complexity index is 507. The molecule has 0 radical (unpaired) electrons. The summed E-state index contributed by atoms with van der Waals surface area (Å²) in [5, 5.41) is 15.0. The maximum absolute atomic E-state index is 12.1. The molecule has 0 aliphatic heterocycles. The van der Waals surface area contributed by atoms with Gasteiger partial charge in [0.2, 0.25) is 0 Å². The fraction of sp³-hybridized carbons (Fsp3) is 0.750. The predicted octanol–water partition coefficient (Wildman–Crippen LogP) is 2.73. The first kappa shape index (κ1) is 17.7. The van der Waals surface area contributed by atoms with Crippen LogP contribution in [0, 0.1) is 5.92 Å². The minimum Gasteiger partial charge on any atom is -0.460 e. The number of ether oxygens (including phenoxy) is 1. The van der Waals surface area contributed by atoms with Gasteiger partial charge in [-0.25, -0.2) is 0 Å². The highest BCUT2D eigenvalue weighted by molar-refractivity contribution is 5.73. The molecule has 1 N–H and O–H groups in total. The van der Waals surface area contributed by atoms with Crippen LogP contribution in [0.3, 0.4) is 0 Å². The molecule has 120 valence electrons. The largest absolute Gasteiger partial charge is 0.460 e. The van der Waals surface area contributed by atoms with Crippen molar-refractivity contribution in [1.82, 2.24) is 9.78 Å². The number of carbonyl (C=O) groups is 1. The zero-order chi connectivity index (χ0) is 16.6. The van der Waals surface area contributed by atoms with Gasteiger partial charge in [-0.2, -0.15) is 5.10 Å². The Morgan fingerprint density at radius 2 is 1.81 bits per heavy atom. The molecule has 0 aliphatic carbocycles. The van der Waals surface area contributed by atoms with Crippen LogP contribution in [0.1, 0.15) is 65.8 Å². The van der Waals surface area contributed by atoms with Crippen LogP contribution >= 0.6 is 0 Å². The molecule has 0 amide bonds. The number of aliphatic hydroxyl groups is 1. The van der Waals surface area contributed by atoms with Crippen molar-refractivity contribution >= 4 is 5.97 Å². The Hall–Kier alpha value is -1.36. The normalized spacial score (nSPS) is 15.7. The number of rotatable bonds is 3. The van der Waals surface area contributed by atoms with E-state index in [1.807, 2.05) is 48.6 Å². The first-order valence-electron chi connectivity index (χ1n) is 7.28. The summed E-state index contributed by atoms with van der Waals surface area (Å²) >= 11 is 0. The molecule has 0 saturated heterocycles. The van der Waals surface area contributed by atoms with Crippen molar-refractivity contribution in [3.8, 4) is 0 Å². The van der Waals surface area contributed by atoms with E-state index in [9.17, 15) is 9.90 Å². The Labute approximate surface area is 127 Å². The van der Waals surface area contributed by atoms with E-state index in [1.165, 1.54) is 0 Å². The lowest BCUT2D eigenvalue weighted by Gasteiger charge is -2.26. The fourth-order valence-corrected chi connectivity index (χ4v) is 2.10. The lowest BCUT2D eigenvalue weighted by atomic mass is 9.85. The third kappa shape index (κ3) is 4.56. The summed E-state index contributed by atoms with van der Waals surface area (Å²) in [6.45, 7) is 13.2. The van der Waals surface area contributed by atoms with Crippen molar-refractivity contribution in [2.45, 2.75) is 65.6 Å². The van der Waals surface area contributed by atoms with Crippen LogP contribution < -0.4 is 0 Å². The van der Waals surface area contributed by atoms with Gasteiger partial charge in [0.1, 0.15) is 5.60 Å². The molecule has 2 unspecified atom stereocenters.